The molecule has 0 amide bonds. The van der Waals surface area contributed by atoms with Crippen molar-refractivity contribution in [2.75, 3.05) is 0 Å². The summed E-state index contributed by atoms with van der Waals surface area (Å²) in [6, 6.07) is 4.69. The molecule has 0 saturated heterocycles. The van der Waals surface area contributed by atoms with Crippen LogP contribution < -0.4 is 10.9 Å². The van der Waals surface area contributed by atoms with E-state index < -0.39 is 10.0 Å². The second kappa shape index (κ2) is 4.84. The SMILES string of the molecule is C[C@@H](N)c1ccc(S(N)(=O)=O)cc1/C=C/C1CC1. The normalized spacial score (nSPS) is 18.2. The number of rotatable bonds is 4. The molecule has 0 bridgehead atoms. The molecule has 4 N–H and O–H groups in total. The number of primary sulfonamides is 1. The second-order valence-corrected chi connectivity index (χ2v) is 6.38. The molecule has 5 heteroatoms. The van der Waals surface area contributed by atoms with Gasteiger partial charge in [0.1, 0.15) is 0 Å². The van der Waals surface area contributed by atoms with Crippen molar-refractivity contribution in [1.29, 1.82) is 0 Å². The molecule has 0 spiro atoms. The van der Waals surface area contributed by atoms with Crippen LogP contribution in [-0.4, -0.2) is 8.42 Å². The van der Waals surface area contributed by atoms with E-state index >= 15 is 0 Å². The molecule has 1 saturated carbocycles. The third-order valence-electron chi connectivity index (χ3n) is 3.05. The van der Waals surface area contributed by atoms with Crippen molar-refractivity contribution in [2.45, 2.75) is 30.7 Å². The first-order valence-electron chi connectivity index (χ1n) is 5.98. The van der Waals surface area contributed by atoms with Crippen LogP contribution in [0.3, 0.4) is 0 Å². The molecule has 1 atom stereocenters. The van der Waals surface area contributed by atoms with Crippen LogP contribution >= 0.6 is 0 Å². The van der Waals surface area contributed by atoms with Crippen molar-refractivity contribution in [3.05, 3.63) is 35.4 Å². The quantitative estimate of drug-likeness (QED) is 0.871. The Morgan fingerprint density at radius 2 is 2.06 bits per heavy atom. The maximum Gasteiger partial charge on any atom is 0.238 e. The lowest BCUT2D eigenvalue weighted by Crippen LogP contribution is -2.14. The molecule has 1 aliphatic rings. The molecule has 18 heavy (non-hydrogen) atoms. The van der Waals surface area contributed by atoms with Crippen molar-refractivity contribution in [3.63, 3.8) is 0 Å². The predicted octanol–water partition coefficient (Wildman–Crippen LogP) is 1.78. The summed E-state index contributed by atoms with van der Waals surface area (Å²) in [5.41, 5.74) is 7.65. The number of sulfonamides is 1. The Morgan fingerprint density at radius 3 is 2.56 bits per heavy atom. The minimum Gasteiger partial charge on any atom is -0.324 e. The molecule has 1 aromatic rings. The van der Waals surface area contributed by atoms with Gasteiger partial charge in [-0.3, -0.25) is 0 Å². The minimum atomic E-state index is -3.67. The van der Waals surface area contributed by atoms with Crippen LogP contribution in [0.1, 0.15) is 36.9 Å². The van der Waals surface area contributed by atoms with E-state index in [1.54, 1.807) is 12.1 Å². The monoisotopic (exact) mass is 266 g/mol. The fraction of sp³-hybridized carbons (Fsp3) is 0.385. The summed E-state index contributed by atoms with van der Waals surface area (Å²) in [6.45, 7) is 1.88. The van der Waals surface area contributed by atoms with Gasteiger partial charge in [-0.15, -0.1) is 0 Å². The number of benzene rings is 1. The van der Waals surface area contributed by atoms with Crippen LogP contribution in [0.15, 0.2) is 29.2 Å². The first kappa shape index (κ1) is 13.3. The van der Waals surface area contributed by atoms with Gasteiger partial charge in [-0.2, -0.15) is 0 Å². The van der Waals surface area contributed by atoms with E-state index in [9.17, 15) is 8.42 Å². The van der Waals surface area contributed by atoms with Crippen molar-refractivity contribution < 1.29 is 8.42 Å². The van der Waals surface area contributed by atoms with Gasteiger partial charge in [0, 0.05) is 6.04 Å². The summed E-state index contributed by atoms with van der Waals surface area (Å²) in [5, 5.41) is 5.14. The largest absolute Gasteiger partial charge is 0.324 e. The number of nitrogens with two attached hydrogens (primary N) is 2. The van der Waals surface area contributed by atoms with Gasteiger partial charge in [0.15, 0.2) is 0 Å². The summed E-state index contributed by atoms with van der Waals surface area (Å²) in [4.78, 5) is 0.127. The predicted molar refractivity (Wildman–Crippen MR) is 72.2 cm³/mol. The molecule has 0 aromatic heterocycles. The maximum atomic E-state index is 11.3. The van der Waals surface area contributed by atoms with Crippen LogP contribution in [0, 0.1) is 5.92 Å². The maximum absolute atomic E-state index is 11.3. The van der Waals surface area contributed by atoms with Gasteiger partial charge < -0.3 is 5.73 Å². The summed E-state index contributed by atoms with van der Waals surface area (Å²) in [7, 11) is -3.67. The highest BCUT2D eigenvalue weighted by Crippen LogP contribution is 2.31. The molecule has 4 nitrogen and oxygen atoms in total. The topological polar surface area (TPSA) is 86.2 Å². The van der Waals surface area contributed by atoms with Crippen molar-refractivity contribution >= 4 is 16.1 Å². The standard InChI is InChI=1S/C13H18N2O2S/c1-9(14)13-7-6-12(18(15,16)17)8-11(13)5-4-10-2-3-10/h4-10H,2-3,14H2,1H3,(H2,15,16,17)/b5-4+/t9-/m1/s1. The molecule has 0 aliphatic heterocycles. The molecule has 1 aliphatic carbocycles. The van der Waals surface area contributed by atoms with Gasteiger partial charge in [0.25, 0.3) is 0 Å². The Kier molecular flexibility index (Phi) is 3.56. The van der Waals surface area contributed by atoms with E-state index in [4.69, 9.17) is 10.9 Å². The lowest BCUT2D eigenvalue weighted by Gasteiger charge is -2.11. The minimum absolute atomic E-state index is 0.127. The van der Waals surface area contributed by atoms with E-state index in [0.717, 1.165) is 11.1 Å². The van der Waals surface area contributed by atoms with E-state index in [2.05, 4.69) is 6.08 Å². The summed E-state index contributed by atoms with van der Waals surface area (Å²) >= 11 is 0. The van der Waals surface area contributed by atoms with Crippen LogP contribution in [0.2, 0.25) is 0 Å². The van der Waals surface area contributed by atoms with Crippen LogP contribution in [0.5, 0.6) is 0 Å². The van der Waals surface area contributed by atoms with Crippen molar-refractivity contribution in [3.8, 4) is 0 Å². The van der Waals surface area contributed by atoms with Gasteiger partial charge >= 0.3 is 0 Å². The lowest BCUT2D eigenvalue weighted by molar-refractivity contribution is 0.597. The fourth-order valence-electron chi connectivity index (χ4n) is 1.82. The second-order valence-electron chi connectivity index (χ2n) is 4.82. The van der Waals surface area contributed by atoms with Gasteiger partial charge in [-0.1, -0.05) is 18.2 Å². The van der Waals surface area contributed by atoms with Crippen molar-refractivity contribution in [2.24, 2.45) is 16.8 Å². The Labute approximate surface area is 108 Å². The van der Waals surface area contributed by atoms with Crippen molar-refractivity contribution in [1.82, 2.24) is 0 Å². The first-order chi connectivity index (χ1) is 8.38. The zero-order valence-electron chi connectivity index (χ0n) is 10.3. The third kappa shape index (κ3) is 3.19. The molecule has 2 rings (SSSR count). The number of hydrogen-bond donors (Lipinski definition) is 2. The van der Waals surface area contributed by atoms with Gasteiger partial charge in [0.05, 0.1) is 4.90 Å². The highest BCUT2D eigenvalue weighted by atomic mass is 32.2. The molecule has 0 heterocycles. The van der Waals surface area contributed by atoms with Crippen LogP contribution in [-0.2, 0) is 10.0 Å². The summed E-state index contributed by atoms with van der Waals surface area (Å²) in [5.74, 6) is 0.629. The Bertz CT molecular complexity index is 573. The summed E-state index contributed by atoms with van der Waals surface area (Å²) in [6.07, 6.45) is 6.47. The molecule has 0 radical (unpaired) electrons. The van der Waals surface area contributed by atoms with E-state index in [1.165, 1.54) is 18.9 Å². The number of hydrogen-bond acceptors (Lipinski definition) is 3. The Hall–Kier alpha value is -1.17. The van der Waals surface area contributed by atoms with Gasteiger partial charge in [0.2, 0.25) is 10.0 Å². The average molecular weight is 266 g/mol. The van der Waals surface area contributed by atoms with Gasteiger partial charge in [-0.25, -0.2) is 13.6 Å². The smallest absolute Gasteiger partial charge is 0.238 e. The highest BCUT2D eigenvalue weighted by Gasteiger charge is 2.18. The molecule has 0 unspecified atom stereocenters. The zero-order valence-corrected chi connectivity index (χ0v) is 11.2. The molecule has 1 aromatic carbocycles. The lowest BCUT2D eigenvalue weighted by atomic mass is 10.0. The van der Waals surface area contributed by atoms with Crippen LogP contribution in [0.4, 0.5) is 0 Å². The Morgan fingerprint density at radius 1 is 1.39 bits per heavy atom. The third-order valence-corrected chi connectivity index (χ3v) is 3.96. The summed E-state index contributed by atoms with van der Waals surface area (Å²) < 4.78 is 22.7. The zero-order chi connectivity index (χ0) is 13.3. The molecular weight excluding hydrogens is 248 g/mol. The average Bonchev–Trinajstić information content (AvgIpc) is 3.08. The van der Waals surface area contributed by atoms with E-state index in [1.807, 2.05) is 13.0 Å². The van der Waals surface area contributed by atoms with E-state index in [-0.39, 0.29) is 10.9 Å². The first-order valence-corrected chi connectivity index (χ1v) is 7.53. The Balaban J connectivity index is 2.43. The molecule has 1 fully saturated rings. The fourth-order valence-corrected chi connectivity index (χ4v) is 2.37. The molecule has 98 valence electrons. The highest BCUT2D eigenvalue weighted by molar-refractivity contribution is 7.89. The molecular formula is C13H18N2O2S. The van der Waals surface area contributed by atoms with E-state index in [0.29, 0.717) is 5.92 Å². The van der Waals surface area contributed by atoms with Gasteiger partial charge in [-0.05, 0) is 48.9 Å². The number of allylic oxidation sites excluding steroid dienone is 1. The van der Waals surface area contributed by atoms with Crippen LogP contribution in [0.25, 0.3) is 6.08 Å².